The first-order valence-corrected chi connectivity index (χ1v) is 8.27. The van der Waals surface area contributed by atoms with E-state index in [4.69, 9.17) is 4.74 Å². The number of ether oxygens (including phenoxy) is 1. The molecule has 0 aromatic heterocycles. The first-order chi connectivity index (χ1) is 10.9. The first kappa shape index (κ1) is 17.8. The second-order valence-electron chi connectivity index (χ2n) is 7.10. The van der Waals surface area contributed by atoms with Crippen molar-refractivity contribution in [2.45, 2.75) is 38.8 Å². The van der Waals surface area contributed by atoms with Crippen molar-refractivity contribution in [2.24, 2.45) is 5.92 Å². The summed E-state index contributed by atoms with van der Waals surface area (Å²) in [6.07, 6.45) is 0.666. The van der Waals surface area contributed by atoms with Crippen LogP contribution in [0, 0.1) is 5.92 Å². The number of aliphatic hydroxyl groups excluding tert-OH is 1. The van der Waals surface area contributed by atoms with Crippen molar-refractivity contribution in [1.82, 2.24) is 10.2 Å². The number of hydrogen-bond acceptors (Lipinski definition) is 4. The van der Waals surface area contributed by atoms with Crippen LogP contribution in [0.3, 0.4) is 0 Å². The number of carbonyl (C=O) groups is 1. The van der Waals surface area contributed by atoms with Crippen molar-refractivity contribution in [2.75, 3.05) is 26.2 Å². The SMILES string of the molecule is CC(C)(C)OC(=O)N(C[C@H]1CCNC1)[C@@H](CO)c1ccccc1. The minimum Gasteiger partial charge on any atom is -0.444 e. The van der Waals surface area contributed by atoms with Gasteiger partial charge in [0.25, 0.3) is 0 Å². The molecule has 1 amide bonds. The van der Waals surface area contributed by atoms with E-state index in [1.807, 2.05) is 51.1 Å². The Hall–Kier alpha value is -1.59. The predicted molar refractivity (Wildman–Crippen MR) is 90.2 cm³/mol. The molecule has 0 aliphatic carbocycles. The van der Waals surface area contributed by atoms with Crippen molar-refractivity contribution in [1.29, 1.82) is 0 Å². The number of rotatable bonds is 5. The highest BCUT2D eigenvalue weighted by Gasteiger charge is 2.31. The average Bonchev–Trinajstić information content (AvgIpc) is 2.99. The van der Waals surface area contributed by atoms with E-state index in [-0.39, 0.29) is 18.7 Å². The molecule has 23 heavy (non-hydrogen) atoms. The van der Waals surface area contributed by atoms with E-state index in [9.17, 15) is 9.90 Å². The summed E-state index contributed by atoms with van der Waals surface area (Å²) in [7, 11) is 0. The van der Waals surface area contributed by atoms with Crippen molar-refractivity contribution in [3.05, 3.63) is 35.9 Å². The van der Waals surface area contributed by atoms with E-state index >= 15 is 0 Å². The van der Waals surface area contributed by atoms with Gasteiger partial charge in [0.15, 0.2) is 0 Å². The van der Waals surface area contributed by atoms with Crippen LogP contribution in [0.2, 0.25) is 0 Å². The van der Waals surface area contributed by atoms with Crippen LogP contribution >= 0.6 is 0 Å². The van der Waals surface area contributed by atoms with Gasteiger partial charge in [0.05, 0.1) is 12.6 Å². The molecule has 1 aromatic rings. The van der Waals surface area contributed by atoms with Crippen LogP contribution in [0.25, 0.3) is 0 Å². The maximum absolute atomic E-state index is 12.7. The summed E-state index contributed by atoms with van der Waals surface area (Å²) in [6.45, 7) is 7.91. The lowest BCUT2D eigenvalue weighted by molar-refractivity contribution is 0.00539. The highest BCUT2D eigenvalue weighted by Crippen LogP contribution is 2.25. The number of carbonyl (C=O) groups excluding carboxylic acids is 1. The van der Waals surface area contributed by atoms with E-state index < -0.39 is 5.60 Å². The minimum absolute atomic E-state index is 0.122. The molecule has 1 aromatic carbocycles. The Balaban J connectivity index is 2.21. The summed E-state index contributed by atoms with van der Waals surface area (Å²) in [6, 6.07) is 9.25. The van der Waals surface area contributed by atoms with Gasteiger partial charge in [0.1, 0.15) is 5.60 Å². The third kappa shape index (κ3) is 5.22. The number of aliphatic hydroxyl groups is 1. The van der Waals surface area contributed by atoms with Crippen LogP contribution < -0.4 is 5.32 Å². The molecule has 0 spiro atoms. The van der Waals surface area contributed by atoms with Crippen LogP contribution in [0.5, 0.6) is 0 Å². The number of amides is 1. The molecule has 0 radical (unpaired) electrons. The van der Waals surface area contributed by atoms with Crippen molar-refractivity contribution in [3.63, 3.8) is 0 Å². The topological polar surface area (TPSA) is 61.8 Å². The summed E-state index contributed by atoms with van der Waals surface area (Å²) in [5.74, 6) is 0.389. The zero-order chi connectivity index (χ0) is 16.9. The molecular formula is C18H28N2O3. The second-order valence-corrected chi connectivity index (χ2v) is 7.10. The van der Waals surface area contributed by atoms with Gasteiger partial charge in [-0.25, -0.2) is 4.79 Å². The highest BCUT2D eigenvalue weighted by atomic mass is 16.6. The fourth-order valence-electron chi connectivity index (χ4n) is 2.86. The molecule has 1 heterocycles. The van der Waals surface area contributed by atoms with Crippen LogP contribution in [-0.2, 0) is 4.74 Å². The molecule has 1 saturated heterocycles. The molecule has 2 rings (SSSR count). The Morgan fingerprint density at radius 2 is 2.09 bits per heavy atom. The van der Waals surface area contributed by atoms with Crippen LogP contribution in [0.15, 0.2) is 30.3 Å². The van der Waals surface area contributed by atoms with E-state index in [2.05, 4.69) is 5.32 Å². The third-order valence-electron chi connectivity index (χ3n) is 3.98. The molecule has 5 nitrogen and oxygen atoms in total. The third-order valence-corrected chi connectivity index (χ3v) is 3.98. The highest BCUT2D eigenvalue weighted by molar-refractivity contribution is 5.69. The van der Waals surface area contributed by atoms with Crippen LogP contribution in [-0.4, -0.2) is 47.9 Å². The molecule has 0 bridgehead atoms. The lowest BCUT2D eigenvalue weighted by Crippen LogP contribution is -2.43. The minimum atomic E-state index is -0.556. The number of benzene rings is 1. The van der Waals surface area contributed by atoms with Crippen molar-refractivity contribution < 1.29 is 14.6 Å². The first-order valence-electron chi connectivity index (χ1n) is 8.27. The Morgan fingerprint density at radius 3 is 2.61 bits per heavy atom. The predicted octanol–water partition coefficient (Wildman–Crippen LogP) is 2.57. The van der Waals surface area contributed by atoms with Crippen molar-refractivity contribution >= 4 is 6.09 Å². The zero-order valence-electron chi connectivity index (χ0n) is 14.3. The molecule has 2 N–H and O–H groups in total. The lowest BCUT2D eigenvalue weighted by Gasteiger charge is -2.34. The Bertz CT molecular complexity index is 493. The lowest BCUT2D eigenvalue weighted by atomic mass is 10.0. The van der Waals surface area contributed by atoms with Gasteiger partial charge in [-0.2, -0.15) is 0 Å². The summed E-state index contributed by atoms with van der Waals surface area (Å²) in [5.41, 5.74) is 0.367. The van der Waals surface area contributed by atoms with Gasteiger partial charge in [-0.05, 0) is 51.8 Å². The Labute approximate surface area is 138 Å². The quantitative estimate of drug-likeness (QED) is 0.875. The van der Waals surface area contributed by atoms with Crippen molar-refractivity contribution in [3.8, 4) is 0 Å². The van der Waals surface area contributed by atoms with Gasteiger partial charge in [0, 0.05) is 6.54 Å². The summed E-state index contributed by atoms with van der Waals surface area (Å²) in [4.78, 5) is 14.4. The maximum Gasteiger partial charge on any atom is 0.410 e. The van der Waals surface area contributed by atoms with Gasteiger partial charge < -0.3 is 15.2 Å². The second kappa shape index (κ2) is 7.79. The molecule has 5 heteroatoms. The fourth-order valence-corrected chi connectivity index (χ4v) is 2.86. The van der Waals surface area contributed by atoms with E-state index in [1.165, 1.54) is 0 Å². The summed E-state index contributed by atoms with van der Waals surface area (Å²) < 4.78 is 5.57. The van der Waals surface area contributed by atoms with Gasteiger partial charge in [-0.1, -0.05) is 30.3 Å². The monoisotopic (exact) mass is 320 g/mol. The number of nitrogens with zero attached hydrogens (tertiary/aromatic N) is 1. The zero-order valence-corrected chi connectivity index (χ0v) is 14.3. The normalized spacial score (nSPS) is 19.4. The maximum atomic E-state index is 12.7. The van der Waals surface area contributed by atoms with E-state index in [0.29, 0.717) is 12.5 Å². The number of hydrogen-bond donors (Lipinski definition) is 2. The average molecular weight is 320 g/mol. The molecule has 1 fully saturated rings. The van der Waals surface area contributed by atoms with Gasteiger partial charge in [0.2, 0.25) is 0 Å². The Morgan fingerprint density at radius 1 is 1.39 bits per heavy atom. The van der Waals surface area contributed by atoms with Crippen LogP contribution in [0.4, 0.5) is 4.79 Å². The number of nitrogens with one attached hydrogen (secondary N) is 1. The molecule has 0 saturated carbocycles. The standard InChI is InChI=1S/C18H28N2O3/c1-18(2,3)23-17(22)20(12-14-9-10-19-11-14)16(13-21)15-7-5-4-6-8-15/h4-8,14,16,19,21H,9-13H2,1-3H3/t14-,16-/m0/s1. The smallest absolute Gasteiger partial charge is 0.410 e. The van der Waals surface area contributed by atoms with Crippen LogP contribution in [0.1, 0.15) is 38.8 Å². The molecule has 0 unspecified atom stereocenters. The summed E-state index contributed by atoms with van der Waals surface area (Å²) in [5, 5.41) is 13.2. The molecule has 1 aliphatic heterocycles. The largest absolute Gasteiger partial charge is 0.444 e. The fraction of sp³-hybridized carbons (Fsp3) is 0.611. The van der Waals surface area contributed by atoms with Gasteiger partial charge in [-0.15, -0.1) is 0 Å². The van der Waals surface area contributed by atoms with Gasteiger partial charge in [-0.3, -0.25) is 4.90 Å². The molecular weight excluding hydrogens is 292 g/mol. The van der Waals surface area contributed by atoms with E-state index in [0.717, 1.165) is 25.1 Å². The Kier molecular flexibility index (Phi) is 6.02. The summed E-state index contributed by atoms with van der Waals surface area (Å²) >= 11 is 0. The van der Waals surface area contributed by atoms with E-state index in [1.54, 1.807) is 4.90 Å². The van der Waals surface area contributed by atoms with Gasteiger partial charge >= 0.3 is 6.09 Å². The molecule has 2 atom stereocenters. The molecule has 1 aliphatic rings. The molecule has 128 valence electrons.